The van der Waals surface area contributed by atoms with Crippen LogP contribution in [0.1, 0.15) is 61.0 Å². The van der Waals surface area contributed by atoms with Gasteiger partial charge in [0.2, 0.25) is 11.8 Å². The molecule has 2 aromatic carbocycles. The lowest BCUT2D eigenvalue weighted by Gasteiger charge is -2.40. The Labute approximate surface area is 272 Å². The van der Waals surface area contributed by atoms with E-state index in [9.17, 15) is 32.9 Å². The number of hydrogen-bond acceptors (Lipinski definition) is 8. The summed E-state index contributed by atoms with van der Waals surface area (Å²) in [5.74, 6) is -1.97. The minimum atomic E-state index is -4.58. The van der Waals surface area contributed by atoms with Gasteiger partial charge in [-0.1, -0.05) is 97.0 Å². The normalized spacial score (nSPS) is 14.6. The van der Waals surface area contributed by atoms with E-state index < -0.39 is 66.3 Å². The number of hydrogen-bond donors (Lipinski definition) is 3. The molecule has 0 aromatic heterocycles. The van der Waals surface area contributed by atoms with Crippen molar-refractivity contribution < 1.29 is 27.7 Å². The van der Waals surface area contributed by atoms with E-state index in [1.165, 1.54) is 30.0 Å². The molecule has 46 heavy (non-hydrogen) atoms. The van der Waals surface area contributed by atoms with Gasteiger partial charge in [0, 0.05) is 24.1 Å². The third-order valence-electron chi connectivity index (χ3n) is 8.03. The summed E-state index contributed by atoms with van der Waals surface area (Å²) < 4.78 is 27.7. The van der Waals surface area contributed by atoms with E-state index in [1.807, 2.05) is 83.5 Å². The summed E-state index contributed by atoms with van der Waals surface area (Å²) in [6.45, 7) is 14.5. The van der Waals surface area contributed by atoms with Crippen LogP contribution in [-0.4, -0.2) is 68.2 Å². The number of carbonyl (C=O) groups excluding carboxylic acids is 3. The topological polar surface area (TPSA) is 168 Å². The smallest absolute Gasteiger partial charge is 0.289 e. The summed E-state index contributed by atoms with van der Waals surface area (Å²) in [7, 11) is -1.32. The zero-order chi connectivity index (χ0) is 35.2. The first-order chi connectivity index (χ1) is 21.2. The molecule has 13 heteroatoms. The van der Waals surface area contributed by atoms with Crippen molar-refractivity contribution >= 4 is 33.4 Å². The van der Waals surface area contributed by atoms with Crippen molar-refractivity contribution in [1.29, 1.82) is 0 Å². The lowest BCUT2D eigenvalue weighted by molar-refractivity contribution is -0.387. The fourth-order valence-electron chi connectivity index (χ4n) is 5.25. The number of para-hydroxylation sites is 1. The van der Waals surface area contributed by atoms with Crippen molar-refractivity contribution in [3.05, 3.63) is 81.9 Å². The van der Waals surface area contributed by atoms with Crippen molar-refractivity contribution in [2.75, 3.05) is 14.1 Å². The SMILES string of the molecule is CN[C@H](C(=O)N[C@H](C(=O)N(C)[C@H](C=C(C)C(=O)NS(=O)(=O)c1ccccc1[N+](=O)[O-])C(C)C)C(C)(C)C)C(C)(C)c1ccccc1. The maximum Gasteiger partial charge on any atom is 0.289 e. The van der Waals surface area contributed by atoms with Gasteiger partial charge in [-0.2, -0.15) is 0 Å². The van der Waals surface area contributed by atoms with Gasteiger partial charge < -0.3 is 15.5 Å². The van der Waals surface area contributed by atoms with Crippen LogP contribution in [0.15, 0.2) is 71.1 Å². The molecule has 0 heterocycles. The second-order valence-electron chi connectivity index (χ2n) is 13.3. The molecule has 12 nitrogen and oxygen atoms in total. The standard InChI is InChI=1S/C33H47N5O7S/c1-21(2)25(20-22(3)29(39)36-46(44,45)26-19-15-14-18-24(26)38(42)43)37(10)31(41)28(32(4,5)6)35-30(40)27(34-9)33(7,8)23-16-12-11-13-17-23/h11-21,25,27-28,34H,1-10H3,(H,35,40)(H,36,39)/t25-,27-,28-/m1/s1. The molecule has 0 bridgehead atoms. The van der Waals surface area contributed by atoms with Gasteiger partial charge in [-0.15, -0.1) is 0 Å². The van der Waals surface area contributed by atoms with Gasteiger partial charge in [-0.3, -0.25) is 24.5 Å². The lowest BCUT2D eigenvalue weighted by Crippen LogP contribution is -2.61. The number of nitrogens with zero attached hydrogens (tertiary/aromatic N) is 2. The molecule has 0 aliphatic heterocycles. The molecular weight excluding hydrogens is 610 g/mol. The van der Waals surface area contributed by atoms with Crippen LogP contribution in [0.2, 0.25) is 0 Å². The summed E-state index contributed by atoms with van der Waals surface area (Å²) in [5, 5.41) is 17.4. The van der Waals surface area contributed by atoms with E-state index >= 15 is 0 Å². The molecule has 0 radical (unpaired) electrons. The van der Waals surface area contributed by atoms with Gasteiger partial charge in [0.15, 0.2) is 4.90 Å². The molecule has 0 aliphatic rings. The van der Waals surface area contributed by atoms with Gasteiger partial charge >= 0.3 is 0 Å². The Bertz CT molecular complexity index is 1560. The van der Waals surface area contributed by atoms with Crippen LogP contribution in [0.3, 0.4) is 0 Å². The maximum atomic E-state index is 14.1. The van der Waals surface area contributed by atoms with Crippen LogP contribution in [0.5, 0.6) is 0 Å². The Morgan fingerprint density at radius 3 is 1.98 bits per heavy atom. The molecule has 252 valence electrons. The number of nitrogens with one attached hydrogen (secondary N) is 3. The molecule has 3 amide bonds. The Morgan fingerprint density at radius 2 is 1.48 bits per heavy atom. The first-order valence-corrected chi connectivity index (χ1v) is 16.4. The highest BCUT2D eigenvalue weighted by Crippen LogP contribution is 2.29. The average molecular weight is 658 g/mol. The third-order valence-corrected chi connectivity index (χ3v) is 9.40. The number of amides is 3. The monoisotopic (exact) mass is 657 g/mol. The van der Waals surface area contributed by atoms with Crippen molar-refractivity contribution in [3.63, 3.8) is 0 Å². The molecular formula is C33H47N5O7S. The van der Waals surface area contributed by atoms with Crippen LogP contribution >= 0.6 is 0 Å². The van der Waals surface area contributed by atoms with E-state index in [1.54, 1.807) is 14.1 Å². The summed E-state index contributed by atoms with van der Waals surface area (Å²) in [6.07, 6.45) is 1.48. The molecule has 3 atom stereocenters. The van der Waals surface area contributed by atoms with Gasteiger partial charge in [-0.05, 0) is 36.9 Å². The zero-order valence-corrected chi connectivity index (χ0v) is 29.1. The highest BCUT2D eigenvalue weighted by molar-refractivity contribution is 7.90. The predicted octanol–water partition coefficient (Wildman–Crippen LogP) is 3.93. The molecule has 2 rings (SSSR count). The van der Waals surface area contributed by atoms with E-state index in [4.69, 9.17) is 0 Å². The molecule has 0 unspecified atom stereocenters. The van der Waals surface area contributed by atoms with Gasteiger partial charge in [0.1, 0.15) is 6.04 Å². The highest BCUT2D eigenvalue weighted by atomic mass is 32.2. The first kappa shape index (κ1) is 38.1. The predicted molar refractivity (Wildman–Crippen MR) is 177 cm³/mol. The van der Waals surface area contributed by atoms with Gasteiger partial charge in [-0.25, -0.2) is 13.1 Å². The number of likely N-dealkylation sites (N-methyl/N-ethyl adjacent to an activating group) is 2. The van der Waals surface area contributed by atoms with E-state index in [2.05, 4.69) is 10.6 Å². The quantitative estimate of drug-likeness (QED) is 0.166. The van der Waals surface area contributed by atoms with Crippen molar-refractivity contribution in [3.8, 4) is 0 Å². The van der Waals surface area contributed by atoms with Crippen LogP contribution in [0.25, 0.3) is 0 Å². The number of nitro benzene ring substituents is 1. The van der Waals surface area contributed by atoms with Gasteiger partial charge in [0.25, 0.3) is 21.6 Å². The number of benzene rings is 2. The number of rotatable bonds is 13. The summed E-state index contributed by atoms with van der Waals surface area (Å²) in [4.78, 5) is 52.2. The second-order valence-corrected chi connectivity index (χ2v) is 15.0. The zero-order valence-electron chi connectivity index (χ0n) is 28.2. The fraction of sp³-hybridized carbons (Fsp3) is 0.485. The minimum absolute atomic E-state index is 0.0169. The summed E-state index contributed by atoms with van der Waals surface area (Å²) >= 11 is 0. The van der Waals surface area contributed by atoms with E-state index in [0.717, 1.165) is 17.7 Å². The Morgan fingerprint density at radius 1 is 0.935 bits per heavy atom. The summed E-state index contributed by atoms with van der Waals surface area (Å²) in [5.41, 5.74) is -1.06. The molecule has 0 saturated carbocycles. The van der Waals surface area contributed by atoms with Crippen LogP contribution < -0.4 is 15.4 Å². The third kappa shape index (κ3) is 9.00. The maximum absolute atomic E-state index is 14.1. The molecule has 0 spiro atoms. The summed E-state index contributed by atoms with van der Waals surface area (Å²) in [6, 6.07) is 12.0. The van der Waals surface area contributed by atoms with Crippen LogP contribution in [-0.2, 0) is 29.8 Å². The number of carbonyl (C=O) groups is 3. The fourth-order valence-corrected chi connectivity index (χ4v) is 6.45. The molecule has 2 aromatic rings. The first-order valence-electron chi connectivity index (χ1n) is 15.0. The van der Waals surface area contributed by atoms with Gasteiger partial charge in [0.05, 0.1) is 17.0 Å². The largest absolute Gasteiger partial charge is 0.342 e. The second kappa shape index (κ2) is 15.0. The molecule has 0 aliphatic carbocycles. The Balaban J connectivity index is 2.36. The van der Waals surface area contributed by atoms with E-state index in [-0.39, 0.29) is 17.4 Å². The van der Waals surface area contributed by atoms with Crippen molar-refractivity contribution in [1.82, 2.24) is 20.3 Å². The number of sulfonamides is 1. The Kier molecular flexibility index (Phi) is 12.4. The molecule has 3 N–H and O–H groups in total. The Hall–Kier alpha value is -4.10. The number of nitro groups is 1. The molecule has 0 fully saturated rings. The van der Waals surface area contributed by atoms with E-state index in [0.29, 0.717) is 0 Å². The highest BCUT2D eigenvalue weighted by Gasteiger charge is 2.41. The van der Waals surface area contributed by atoms with Crippen molar-refractivity contribution in [2.45, 2.75) is 83.8 Å². The van der Waals surface area contributed by atoms with Crippen LogP contribution in [0.4, 0.5) is 5.69 Å². The van der Waals surface area contributed by atoms with Crippen molar-refractivity contribution in [2.24, 2.45) is 11.3 Å². The van der Waals surface area contributed by atoms with Crippen LogP contribution in [0, 0.1) is 21.4 Å². The lowest BCUT2D eigenvalue weighted by atomic mass is 9.76. The average Bonchev–Trinajstić information content (AvgIpc) is 2.97. The molecule has 0 saturated heterocycles. The minimum Gasteiger partial charge on any atom is -0.342 e.